The SMILES string of the molecule is COc1cc(N2CCC(N3CCN(C)CC3)CC2)ccc1Nc1nc(Nc2cccc3c2N(S(C)(=O)=O)CC3)c2[nH]cnc2n1. The van der Waals surface area contributed by atoms with Crippen molar-refractivity contribution < 1.29 is 13.2 Å². The van der Waals surface area contributed by atoms with Crippen LogP contribution >= 0.6 is 0 Å². The summed E-state index contributed by atoms with van der Waals surface area (Å²) in [6.07, 6.45) is 5.76. The van der Waals surface area contributed by atoms with E-state index in [0.717, 1.165) is 69.0 Å². The number of para-hydroxylation sites is 1. The molecule has 2 aromatic carbocycles. The molecule has 0 atom stereocenters. The zero-order valence-corrected chi connectivity index (χ0v) is 26.8. The van der Waals surface area contributed by atoms with Gasteiger partial charge in [0, 0.05) is 63.6 Å². The minimum atomic E-state index is -3.43. The van der Waals surface area contributed by atoms with Crippen molar-refractivity contribution in [3.63, 3.8) is 0 Å². The van der Waals surface area contributed by atoms with Crippen molar-refractivity contribution in [1.29, 1.82) is 0 Å². The van der Waals surface area contributed by atoms with Crippen LogP contribution in [-0.4, -0.2) is 110 Å². The number of benzene rings is 2. The highest BCUT2D eigenvalue weighted by Crippen LogP contribution is 2.39. The minimum Gasteiger partial charge on any atom is -0.494 e. The second-order valence-corrected chi connectivity index (χ2v) is 14.0. The summed E-state index contributed by atoms with van der Waals surface area (Å²) in [5, 5.41) is 6.68. The molecule has 4 aromatic rings. The Morgan fingerprint density at radius 1 is 0.956 bits per heavy atom. The summed E-state index contributed by atoms with van der Waals surface area (Å²) in [5.41, 5.74) is 5.21. The smallest absolute Gasteiger partial charge is 0.232 e. The highest BCUT2D eigenvalue weighted by Gasteiger charge is 2.30. The first kappa shape index (κ1) is 29.6. The number of likely N-dealkylation sites (N-methyl/N-ethyl adjacent to an activating group) is 1. The molecule has 14 heteroatoms. The van der Waals surface area contributed by atoms with Crippen molar-refractivity contribution in [3.8, 4) is 5.75 Å². The maximum Gasteiger partial charge on any atom is 0.232 e. The topological polar surface area (TPSA) is 135 Å². The molecule has 7 rings (SSSR count). The van der Waals surface area contributed by atoms with Crippen LogP contribution in [0.2, 0.25) is 0 Å². The third kappa shape index (κ3) is 5.97. The number of methoxy groups -OCH3 is 1. The van der Waals surface area contributed by atoms with Crippen molar-refractivity contribution in [3.05, 3.63) is 48.3 Å². The van der Waals surface area contributed by atoms with Gasteiger partial charge in [0.2, 0.25) is 16.0 Å². The Hall–Kier alpha value is -4.14. The molecule has 13 nitrogen and oxygen atoms in total. The van der Waals surface area contributed by atoms with E-state index < -0.39 is 10.0 Å². The molecule has 45 heavy (non-hydrogen) atoms. The van der Waals surface area contributed by atoms with Gasteiger partial charge in [-0.15, -0.1) is 0 Å². The molecule has 2 saturated heterocycles. The van der Waals surface area contributed by atoms with Gasteiger partial charge in [-0.2, -0.15) is 9.97 Å². The fourth-order valence-corrected chi connectivity index (χ4v) is 7.71. The van der Waals surface area contributed by atoms with Gasteiger partial charge >= 0.3 is 0 Å². The molecule has 0 bridgehead atoms. The Morgan fingerprint density at radius 2 is 1.76 bits per heavy atom. The fourth-order valence-electron chi connectivity index (χ4n) is 6.74. The number of rotatable bonds is 8. The lowest BCUT2D eigenvalue weighted by atomic mass is 10.0. The first-order valence-electron chi connectivity index (χ1n) is 15.5. The summed E-state index contributed by atoms with van der Waals surface area (Å²) in [6.45, 7) is 7.05. The third-order valence-electron chi connectivity index (χ3n) is 9.21. The van der Waals surface area contributed by atoms with E-state index in [4.69, 9.17) is 9.72 Å². The number of piperidine rings is 1. The van der Waals surface area contributed by atoms with E-state index in [0.29, 0.717) is 59.1 Å². The predicted molar refractivity (Wildman–Crippen MR) is 178 cm³/mol. The lowest BCUT2D eigenvalue weighted by molar-refractivity contribution is 0.0982. The fraction of sp³-hybridized carbons (Fsp3) is 0.452. The number of ether oxygens (including phenoxy) is 1. The summed E-state index contributed by atoms with van der Waals surface area (Å²) in [6, 6.07) is 12.6. The van der Waals surface area contributed by atoms with Gasteiger partial charge in [-0.25, -0.2) is 13.4 Å². The maximum atomic E-state index is 12.5. The summed E-state index contributed by atoms with van der Waals surface area (Å²) in [4.78, 5) is 24.4. The molecular formula is C31H40N10O3S. The standard InChI is InChI=1S/C31H40N10O3S/c1-38-15-17-40(18-16-38)22-10-12-39(13-11-22)23-7-8-24(26(19-23)44-2)35-31-36-29-27(32-20-33-29)30(37-31)34-25-6-4-5-21-9-14-41(28(21)25)45(3,42)43/h4-8,19-20,22H,9-18H2,1-3H3,(H3,32,33,34,35,36,37). The number of fused-ring (bicyclic) bond motifs is 2. The average Bonchev–Trinajstić information content (AvgIpc) is 3.70. The quantitative estimate of drug-likeness (QED) is 0.264. The Bertz CT molecular complexity index is 1800. The Morgan fingerprint density at radius 3 is 2.51 bits per heavy atom. The lowest BCUT2D eigenvalue weighted by Gasteiger charge is -2.42. The van der Waals surface area contributed by atoms with Gasteiger partial charge in [-0.05, 0) is 50.1 Å². The van der Waals surface area contributed by atoms with Gasteiger partial charge in [0.1, 0.15) is 11.3 Å². The zero-order chi connectivity index (χ0) is 31.1. The molecule has 3 aliphatic rings. The van der Waals surface area contributed by atoms with Gasteiger partial charge in [0.15, 0.2) is 11.5 Å². The normalized spacial score (nSPS) is 18.4. The molecule has 5 heterocycles. The molecule has 3 N–H and O–H groups in total. The molecule has 0 aliphatic carbocycles. The second kappa shape index (κ2) is 12.0. The van der Waals surface area contributed by atoms with Crippen molar-refractivity contribution in [2.75, 3.05) is 86.1 Å². The van der Waals surface area contributed by atoms with Crippen LogP contribution in [0.5, 0.6) is 5.75 Å². The number of aromatic amines is 1. The summed E-state index contributed by atoms with van der Waals surface area (Å²) in [7, 11) is 0.434. The van der Waals surface area contributed by atoms with Crippen LogP contribution in [0.1, 0.15) is 18.4 Å². The molecule has 2 aromatic heterocycles. The number of anilines is 6. The molecule has 238 valence electrons. The molecule has 2 fully saturated rings. The van der Waals surface area contributed by atoms with Gasteiger partial charge in [0.25, 0.3) is 0 Å². The van der Waals surface area contributed by atoms with Gasteiger partial charge in [0.05, 0.1) is 36.8 Å². The average molecular weight is 633 g/mol. The predicted octanol–water partition coefficient (Wildman–Crippen LogP) is 3.39. The maximum absolute atomic E-state index is 12.5. The summed E-state index contributed by atoms with van der Waals surface area (Å²) in [5.74, 6) is 1.51. The van der Waals surface area contributed by atoms with Crippen LogP contribution in [0, 0.1) is 0 Å². The van der Waals surface area contributed by atoms with E-state index in [1.165, 1.54) is 10.6 Å². The number of hydrogen-bond donors (Lipinski definition) is 3. The molecule has 0 radical (unpaired) electrons. The number of imidazole rings is 1. The summed E-state index contributed by atoms with van der Waals surface area (Å²) >= 11 is 0. The monoisotopic (exact) mass is 632 g/mol. The van der Waals surface area contributed by atoms with Crippen LogP contribution in [0.3, 0.4) is 0 Å². The third-order valence-corrected chi connectivity index (χ3v) is 10.4. The van der Waals surface area contributed by atoms with Crippen molar-refractivity contribution in [2.24, 2.45) is 0 Å². The lowest BCUT2D eigenvalue weighted by Crippen LogP contribution is -2.52. The van der Waals surface area contributed by atoms with E-state index in [2.05, 4.69) is 59.5 Å². The number of hydrogen-bond acceptors (Lipinski definition) is 11. The molecule has 0 unspecified atom stereocenters. The van der Waals surface area contributed by atoms with Crippen LogP contribution in [0.15, 0.2) is 42.7 Å². The van der Waals surface area contributed by atoms with E-state index in [1.54, 1.807) is 13.4 Å². The van der Waals surface area contributed by atoms with Crippen molar-refractivity contribution in [2.45, 2.75) is 25.3 Å². The van der Waals surface area contributed by atoms with Crippen molar-refractivity contribution >= 4 is 55.7 Å². The van der Waals surface area contributed by atoms with Crippen LogP contribution < -0.4 is 24.6 Å². The zero-order valence-electron chi connectivity index (χ0n) is 26.0. The highest BCUT2D eigenvalue weighted by molar-refractivity contribution is 7.92. The first-order valence-corrected chi connectivity index (χ1v) is 17.3. The van der Waals surface area contributed by atoms with E-state index in [-0.39, 0.29) is 0 Å². The van der Waals surface area contributed by atoms with Gasteiger partial charge in [-0.3, -0.25) is 9.21 Å². The number of piperazine rings is 1. The molecular weight excluding hydrogens is 592 g/mol. The number of sulfonamides is 1. The van der Waals surface area contributed by atoms with E-state index >= 15 is 0 Å². The van der Waals surface area contributed by atoms with Crippen LogP contribution in [0.4, 0.5) is 34.5 Å². The van der Waals surface area contributed by atoms with Gasteiger partial charge < -0.3 is 30.2 Å². The largest absolute Gasteiger partial charge is 0.494 e. The van der Waals surface area contributed by atoms with Gasteiger partial charge in [-0.1, -0.05) is 12.1 Å². The number of H-pyrrole nitrogens is 1. The Balaban J connectivity index is 1.10. The number of nitrogens with zero attached hydrogens (tertiary/aromatic N) is 7. The van der Waals surface area contributed by atoms with Crippen LogP contribution in [-0.2, 0) is 16.4 Å². The Labute approximate surface area is 263 Å². The Kier molecular flexibility index (Phi) is 7.88. The van der Waals surface area contributed by atoms with Crippen LogP contribution in [0.25, 0.3) is 11.2 Å². The first-order chi connectivity index (χ1) is 21.8. The minimum absolute atomic E-state index is 0.337. The number of aromatic nitrogens is 4. The molecule has 0 saturated carbocycles. The van der Waals surface area contributed by atoms with E-state index in [9.17, 15) is 8.42 Å². The van der Waals surface area contributed by atoms with E-state index in [1.807, 2.05) is 24.3 Å². The molecule has 3 aliphatic heterocycles. The molecule has 0 spiro atoms. The summed E-state index contributed by atoms with van der Waals surface area (Å²) < 4.78 is 32.3. The second-order valence-electron chi connectivity index (χ2n) is 12.1. The van der Waals surface area contributed by atoms with Crippen molar-refractivity contribution in [1.82, 2.24) is 29.7 Å². The number of nitrogens with one attached hydrogen (secondary N) is 3. The molecule has 0 amide bonds. The highest BCUT2D eigenvalue weighted by atomic mass is 32.2.